The minimum atomic E-state index is -0.261. The molecule has 0 spiro atoms. The number of hydrogen-bond acceptors (Lipinski definition) is 3. The van der Waals surface area contributed by atoms with Crippen LogP contribution in [0.5, 0.6) is 0 Å². The highest BCUT2D eigenvalue weighted by atomic mass is 19.1. The Morgan fingerprint density at radius 1 is 1.56 bits per heavy atom. The number of nitrogens with two attached hydrogens (primary N) is 1. The number of nitrogens with zero attached hydrogens (tertiary/aromatic N) is 1. The van der Waals surface area contributed by atoms with E-state index in [4.69, 9.17) is 10.5 Å². The van der Waals surface area contributed by atoms with Crippen molar-refractivity contribution in [3.63, 3.8) is 0 Å². The summed E-state index contributed by atoms with van der Waals surface area (Å²) < 4.78 is 19.1. The lowest BCUT2D eigenvalue weighted by atomic mass is 10.1. The molecule has 0 aliphatic carbocycles. The van der Waals surface area contributed by atoms with E-state index < -0.39 is 0 Å². The van der Waals surface area contributed by atoms with Crippen molar-refractivity contribution in [2.75, 3.05) is 31.7 Å². The molecular weight excluding hydrogens is 231 g/mol. The highest BCUT2D eigenvalue weighted by Gasteiger charge is 2.12. The maximum absolute atomic E-state index is 14.0. The molecule has 4 heteroatoms. The van der Waals surface area contributed by atoms with Crippen molar-refractivity contribution in [2.24, 2.45) is 5.73 Å². The summed E-state index contributed by atoms with van der Waals surface area (Å²) in [7, 11) is 1.63. The van der Waals surface area contributed by atoms with Gasteiger partial charge in [-0.2, -0.15) is 0 Å². The predicted molar refractivity (Wildman–Crippen MR) is 73.3 cm³/mol. The average Bonchev–Trinajstić information content (AvgIpc) is 2.34. The van der Waals surface area contributed by atoms with Gasteiger partial charge in [0.2, 0.25) is 0 Å². The number of anilines is 1. The van der Waals surface area contributed by atoms with Gasteiger partial charge in [0.15, 0.2) is 0 Å². The van der Waals surface area contributed by atoms with E-state index in [0.717, 1.165) is 5.56 Å². The Morgan fingerprint density at radius 2 is 2.28 bits per heavy atom. The molecule has 100 valence electrons. The van der Waals surface area contributed by atoms with Crippen LogP contribution in [-0.2, 0) is 4.74 Å². The fourth-order valence-electron chi connectivity index (χ4n) is 1.73. The highest BCUT2D eigenvalue weighted by Crippen LogP contribution is 2.22. The van der Waals surface area contributed by atoms with Crippen LogP contribution in [0.2, 0.25) is 0 Å². The summed E-state index contributed by atoms with van der Waals surface area (Å²) in [5, 5.41) is 0. The Morgan fingerprint density at radius 3 is 2.78 bits per heavy atom. The summed E-state index contributed by atoms with van der Waals surface area (Å²) in [6.45, 7) is 7.27. The molecule has 0 aromatic heterocycles. The van der Waals surface area contributed by atoms with E-state index in [1.807, 2.05) is 17.9 Å². The Kier molecular flexibility index (Phi) is 5.82. The minimum absolute atomic E-state index is 0.166. The van der Waals surface area contributed by atoms with Gasteiger partial charge < -0.3 is 15.4 Å². The van der Waals surface area contributed by atoms with Crippen molar-refractivity contribution in [3.8, 4) is 0 Å². The molecule has 0 bridgehead atoms. The van der Waals surface area contributed by atoms with Crippen LogP contribution < -0.4 is 10.6 Å². The molecule has 0 fully saturated rings. The molecule has 0 saturated heterocycles. The van der Waals surface area contributed by atoms with Gasteiger partial charge in [0.05, 0.1) is 12.3 Å². The van der Waals surface area contributed by atoms with E-state index >= 15 is 0 Å². The van der Waals surface area contributed by atoms with Crippen LogP contribution in [0, 0.1) is 5.82 Å². The number of hydrogen-bond donors (Lipinski definition) is 1. The normalized spacial score (nSPS) is 12.2. The van der Waals surface area contributed by atoms with Crippen LogP contribution >= 0.6 is 0 Å². The van der Waals surface area contributed by atoms with Gasteiger partial charge in [-0.1, -0.05) is 12.1 Å². The zero-order valence-corrected chi connectivity index (χ0v) is 11.0. The van der Waals surface area contributed by atoms with Crippen LogP contribution in [0.1, 0.15) is 18.5 Å². The topological polar surface area (TPSA) is 38.5 Å². The predicted octanol–water partition coefficient (Wildman–Crippen LogP) is 2.48. The van der Waals surface area contributed by atoms with Gasteiger partial charge in [-0.15, -0.1) is 6.58 Å². The van der Waals surface area contributed by atoms with E-state index in [1.54, 1.807) is 19.3 Å². The molecule has 3 nitrogen and oxygen atoms in total. The maximum atomic E-state index is 14.0. The molecule has 0 saturated carbocycles. The number of methoxy groups -OCH3 is 1. The molecule has 18 heavy (non-hydrogen) atoms. The Hall–Kier alpha value is -1.39. The summed E-state index contributed by atoms with van der Waals surface area (Å²) in [5.74, 6) is -0.261. The summed E-state index contributed by atoms with van der Waals surface area (Å²) in [6, 6.07) is 4.93. The number of benzene rings is 1. The van der Waals surface area contributed by atoms with Crippen molar-refractivity contribution in [1.29, 1.82) is 0 Å². The molecule has 0 radical (unpaired) electrons. The Balaban J connectivity index is 2.93. The monoisotopic (exact) mass is 252 g/mol. The number of halogens is 1. The molecule has 0 unspecified atom stereocenters. The van der Waals surface area contributed by atoms with Crippen molar-refractivity contribution in [1.82, 2.24) is 0 Å². The first-order valence-corrected chi connectivity index (χ1v) is 6.00. The van der Waals surface area contributed by atoms with Crippen LogP contribution in [-0.4, -0.2) is 26.8 Å². The molecule has 0 aliphatic heterocycles. The average molecular weight is 252 g/mol. The summed E-state index contributed by atoms with van der Waals surface area (Å²) in [6.07, 6.45) is 1.74. The van der Waals surface area contributed by atoms with Crippen molar-refractivity contribution >= 4 is 5.69 Å². The zero-order valence-electron chi connectivity index (χ0n) is 11.0. The van der Waals surface area contributed by atoms with Gasteiger partial charge in [0.25, 0.3) is 0 Å². The smallest absolute Gasteiger partial charge is 0.146 e. The van der Waals surface area contributed by atoms with Crippen molar-refractivity contribution < 1.29 is 9.13 Å². The number of rotatable bonds is 7. The van der Waals surface area contributed by atoms with Crippen LogP contribution in [0.25, 0.3) is 0 Å². The Bertz CT molecular complexity index is 393. The first-order valence-electron chi connectivity index (χ1n) is 6.00. The van der Waals surface area contributed by atoms with Gasteiger partial charge >= 0.3 is 0 Å². The second-order valence-electron chi connectivity index (χ2n) is 4.23. The lowest BCUT2D eigenvalue weighted by Gasteiger charge is -2.24. The van der Waals surface area contributed by atoms with E-state index in [2.05, 4.69) is 6.58 Å². The molecule has 1 aromatic carbocycles. The molecule has 2 N–H and O–H groups in total. The Labute approximate surface area is 108 Å². The lowest BCUT2D eigenvalue weighted by Crippen LogP contribution is -2.28. The fraction of sp³-hybridized carbons (Fsp3) is 0.429. The van der Waals surface area contributed by atoms with Crippen LogP contribution in [0.3, 0.4) is 0 Å². The fourth-order valence-corrected chi connectivity index (χ4v) is 1.73. The van der Waals surface area contributed by atoms with Crippen molar-refractivity contribution in [3.05, 3.63) is 42.2 Å². The molecule has 0 aliphatic rings. The molecule has 1 atom stereocenters. The third kappa shape index (κ3) is 3.82. The molecule has 0 heterocycles. The standard InChI is InChI=1S/C14H21FN2O/c1-4-7-17(8-9-18-3)14-6-5-12(11(2)16)10-13(14)15/h4-6,10-11H,1,7-9,16H2,2-3H3/t11-/m1/s1. The van der Waals surface area contributed by atoms with E-state index in [0.29, 0.717) is 25.4 Å². The van der Waals surface area contributed by atoms with Gasteiger partial charge in [0.1, 0.15) is 5.82 Å². The molecular formula is C14H21FN2O. The van der Waals surface area contributed by atoms with E-state index in [-0.39, 0.29) is 11.9 Å². The molecule has 1 rings (SSSR count). The van der Waals surface area contributed by atoms with Gasteiger partial charge in [0, 0.05) is 26.2 Å². The largest absolute Gasteiger partial charge is 0.383 e. The third-order valence-corrected chi connectivity index (χ3v) is 2.75. The van der Waals surface area contributed by atoms with Crippen molar-refractivity contribution in [2.45, 2.75) is 13.0 Å². The summed E-state index contributed by atoms with van der Waals surface area (Å²) >= 11 is 0. The second kappa shape index (κ2) is 7.13. The third-order valence-electron chi connectivity index (χ3n) is 2.75. The van der Waals surface area contributed by atoms with Crippen LogP contribution in [0.4, 0.5) is 10.1 Å². The van der Waals surface area contributed by atoms with E-state index in [1.165, 1.54) is 6.07 Å². The van der Waals surface area contributed by atoms with Gasteiger partial charge in [-0.05, 0) is 24.6 Å². The van der Waals surface area contributed by atoms with Gasteiger partial charge in [-0.3, -0.25) is 0 Å². The van der Waals surface area contributed by atoms with Gasteiger partial charge in [-0.25, -0.2) is 4.39 Å². The summed E-state index contributed by atoms with van der Waals surface area (Å²) in [4.78, 5) is 1.89. The lowest BCUT2D eigenvalue weighted by molar-refractivity contribution is 0.205. The molecule has 1 aromatic rings. The molecule has 0 amide bonds. The maximum Gasteiger partial charge on any atom is 0.146 e. The summed E-state index contributed by atoms with van der Waals surface area (Å²) in [5.41, 5.74) is 7.08. The van der Waals surface area contributed by atoms with E-state index in [9.17, 15) is 4.39 Å². The SMILES string of the molecule is C=CCN(CCOC)c1ccc([C@@H](C)N)cc1F. The first-order chi connectivity index (χ1) is 8.60. The second-order valence-corrected chi connectivity index (χ2v) is 4.23. The minimum Gasteiger partial charge on any atom is -0.383 e. The highest BCUT2D eigenvalue weighted by molar-refractivity contribution is 5.50. The first kappa shape index (κ1) is 14.7. The number of ether oxygens (including phenoxy) is 1. The quantitative estimate of drug-likeness (QED) is 0.758. The zero-order chi connectivity index (χ0) is 13.5. The van der Waals surface area contributed by atoms with Crippen LogP contribution in [0.15, 0.2) is 30.9 Å².